The molecule has 0 bridgehead atoms. The van der Waals surface area contributed by atoms with Gasteiger partial charge in [-0.1, -0.05) is 38.1 Å². The maximum Gasteiger partial charge on any atom is 0.123 e. The van der Waals surface area contributed by atoms with Crippen LogP contribution in [0.25, 0.3) is 0 Å². The molecular formula is C15H16O3. The van der Waals surface area contributed by atoms with Gasteiger partial charge in [0.15, 0.2) is 0 Å². The Morgan fingerprint density at radius 1 is 0.778 bits per heavy atom. The Morgan fingerprint density at radius 2 is 1.39 bits per heavy atom. The van der Waals surface area contributed by atoms with Gasteiger partial charge in [0.1, 0.15) is 17.2 Å². The van der Waals surface area contributed by atoms with Crippen LogP contribution in [-0.2, 0) is 5.41 Å². The zero-order chi connectivity index (χ0) is 13.3. The second-order valence-corrected chi connectivity index (χ2v) is 4.84. The number of hydrogen-bond acceptors (Lipinski definition) is 3. The Bertz CT molecular complexity index is 574. The molecule has 0 aliphatic heterocycles. The summed E-state index contributed by atoms with van der Waals surface area (Å²) in [5, 5.41) is 29.2. The average molecular weight is 244 g/mol. The molecule has 0 atom stereocenters. The van der Waals surface area contributed by atoms with Gasteiger partial charge in [0.05, 0.1) is 0 Å². The summed E-state index contributed by atoms with van der Waals surface area (Å²) in [5.41, 5.74) is 0.830. The number of benzene rings is 2. The first kappa shape index (κ1) is 12.3. The largest absolute Gasteiger partial charge is 0.508 e. The zero-order valence-corrected chi connectivity index (χ0v) is 10.4. The summed E-state index contributed by atoms with van der Waals surface area (Å²) in [6.07, 6.45) is 0. The number of rotatable bonds is 2. The monoisotopic (exact) mass is 244 g/mol. The van der Waals surface area contributed by atoms with Crippen LogP contribution in [0.5, 0.6) is 17.2 Å². The predicted octanol–water partition coefficient (Wildman–Crippen LogP) is 3.13. The normalized spacial score (nSPS) is 11.4. The van der Waals surface area contributed by atoms with E-state index >= 15 is 0 Å². The van der Waals surface area contributed by atoms with Crippen molar-refractivity contribution in [2.24, 2.45) is 0 Å². The van der Waals surface area contributed by atoms with Gasteiger partial charge in [-0.3, -0.25) is 0 Å². The first-order valence-electron chi connectivity index (χ1n) is 5.74. The summed E-state index contributed by atoms with van der Waals surface area (Å²) in [4.78, 5) is 0. The Labute approximate surface area is 106 Å². The molecule has 94 valence electrons. The number of para-hydroxylation sites is 1. The Balaban J connectivity index is 2.58. The third kappa shape index (κ3) is 1.99. The van der Waals surface area contributed by atoms with Crippen LogP contribution >= 0.6 is 0 Å². The molecule has 0 fully saturated rings. The first-order chi connectivity index (χ1) is 8.43. The van der Waals surface area contributed by atoms with Crippen LogP contribution in [0.1, 0.15) is 25.0 Å². The molecule has 0 heterocycles. The van der Waals surface area contributed by atoms with Gasteiger partial charge in [0.2, 0.25) is 0 Å². The summed E-state index contributed by atoms with van der Waals surface area (Å²) in [6.45, 7) is 3.82. The highest BCUT2D eigenvalue weighted by Crippen LogP contribution is 2.41. The van der Waals surface area contributed by atoms with Crippen molar-refractivity contribution in [3.63, 3.8) is 0 Å². The van der Waals surface area contributed by atoms with E-state index in [1.54, 1.807) is 18.2 Å². The molecule has 0 saturated carbocycles. The topological polar surface area (TPSA) is 60.7 Å². The highest BCUT2D eigenvalue weighted by atomic mass is 16.3. The molecule has 2 aromatic rings. The maximum absolute atomic E-state index is 9.94. The summed E-state index contributed by atoms with van der Waals surface area (Å²) in [7, 11) is 0. The molecular weight excluding hydrogens is 228 g/mol. The number of phenols is 3. The minimum absolute atomic E-state index is 0.0169. The van der Waals surface area contributed by atoms with Gasteiger partial charge in [-0.25, -0.2) is 0 Å². The van der Waals surface area contributed by atoms with Crippen LogP contribution in [0.3, 0.4) is 0 Å². The lowest BCUT2D eigenvalue weighted by molar-refractivity contribution is 0.427. The average Bonchev–Trinajstić information content (AvgIpc) is 2.28. The molecule has 0 aromatic heterocycles. The summed E-state index contributed by atoms with van der Waals surface area (Å²) in [6, 6.07) is 11.5. The molecule has 0 aliphatic carbocycles. The van der Waals surface area contributed by atoms with E-state index < -0.39 is 5.41 Å². The lowest BCUT2D eigenvalue weighted by atomic mass is 9.77. The van der Waals surface area contributed by atoms with E-state index in [-0.39, 0.29) is 17.2 Å². The van der Waals surface area contributed by atoms with Crippen molar-refractivity contribution >= 4 is 0 Å². The van der Waals surface area contributed by atoms with Crippen molar-refractivity contribution in [3.8, 4) is 17.2 Å². The van der Waals surface area contributed by atoms with Crippen molar-refractivity contribution in [1.82, 2.24) is 0 Å². The van der Waals surface area contributed by atoms with Crippen LogP contribution in [0.4, 0.5) is 0 Å². The van der Waals surface area contributed by atoms with E-state index in [1.807, 2.05) is 26.0 Å². The van der Waals surface area contributed by atoms with Gasteiger partial charge in [-0.15, -0.1) is 0 Å². The van der Waals surface area contributed by atoms with Gasteiger partial charge < -0.3 is 15.3 Å². The number of hydrogen-bond donors (Lipinski definition) is 3. The third-order valence-corrected chi connectivity index (χ3v) is 3.23. The Morgan fingerprint density at radius 3 is 2.00 bits per heavy atom. The van der Waals surface area contributed by atoms with E-state index in [2.05, 4.69) is 0 Å². The molecule has 2 rings (SSSR count). The molecule has 3 nitrogen and oxygen atoms in total. The first-order valence-corrected chi connectivity index (χ1v) is 5.74. The SMILES string of the molecule is CC(C)(c1ccccc1O)c1ccc(O)cc1O. The van der Waals surface area contributed by atoms with Crippen molar-refractivity contribution in [2.75, 3.05) is 0 Å². The van der Waals surface area contributed by atoms with Crippen LogP contribution in [0.2, 0.25) is 0 Å². The van der Waals surface area contributed by atoms with Gasteiger partial charge in [-0.05, 0) is 12.1 Å². The van der Waals surface area contributed by atoms with Gasteiger partial charge >= 0.3 is 0 Å². The molecule has 0 aliphatic rings. The molecule has 3 heteroatoms. The smallest absolute Gasteiger partial charge is 0.123 e. The minimum Gasteiger partial charge on any atom is -0.508 e. The number of aromatic hydroxyl groups is 3. The summed E-state index contributed by atoms with van der Waals surface area (Å²) in [5.74, 6) is 0.225. The zero-order valence-electron chi connectivity index (χ0n) is 10.4. The minimum atomic E-state index is -0.552. The molecule has 0 saturated heterocycles. The van der Waals surface area contributed by atoms with Crippen LogP contribution in [0, 0.1) is 0 Å². The summed E-state index contributed by atoms with van der Waals surface area (Å²) >= 11 is 0. The Kier molecular flexibility index (Phi) is 2.91. The van der Waals surface area contributed by atoms with E-state index in [1.165, 1.54) is 12.1 Å². The van der Waals surface area contributed by atoms with Crippen molar-refractivity contribution < 1.29 is 15.3 Å². The summed E-state index contributed by atoms with van der Waals surface area (Å²) < 4.78 is 0. The van der Waals surface area contributed by atoms with Crippen molar-refractivity contribution in [2.45, 2.75) is 19.3 Å². The van der Waals surface area contributed by atoms with E-state index in [0.29, 0.717) is 5.56 Å². The predicted molar refractivity (Wildman–Crippen MR) is 70.0 cm³/mol. The van der Waals surface area contributed by atoms with Crippen LogP contribution in [-0.4, -0.2) is 15.3 Å². The maximum atomic E-state index is 9.94. The van der Waals surface area contributed by atoms with E-state index in [9.17, 15) is 15.3 Å². The quantitative estimate of drug-likeness (QED) is 0.760. The fourth-order valence-electron chi connectivity index (χ4n) is 2.20. The highest BCUT2D eigenvalue weighted by Gasteiger charge is 2.28. The molecule has 2 aromatic carbocycles. The molecule has 3 N–H and O–H groups in total. The Hall–Kier alpha value is -2.16. The molecule has 18 heavy (non-hydrogen) atoms. The fourth-order valence-corrected chi connectivity index (χ4v) is 2.20. The lowest BCUT2D eigenvalue weighted by Crippen LogP contribution is -2.19. The second kappa shape index (κ2) is 4.26. The highest BCUT2D eigenvalue weighted by molar-refractivity contribution is 5.51. The van der Waals surface area contributed by atoms with Crippen LogP contribution in [0.15, 0.2) is 42.5 Å². The van der Waals surface area contributed by atoms with E-state index in [0.717, 1.165) is 5.56 Å². The third-order valence-electron chi connectivity index (χ3n) is 3.23. The fraction of sp³-hybridized carbons (Fsp3) is 0.200. The number of phenolic OH excluding ortho intramolecular Hbond substituents is 3. The molecule has 0 spiro atoms. The van der Waals surface area contributed by atoms with Gasteiger partial charge in [0.25, 0.3) is 0 Å². The molecule has 0 unspecified atom stereocenters. The van der Waals surface area contributed by atoms with Crippen LogP contribution < -0.4 is 0 Å². The van der Waals surface area contributed by atoms with Gasteiger partial charge in [-0.2, -0.15) is 0 Å². The molecule has 0 amide bonds. The molecule has 0 radical (unpaired) electrons. The standard InChI is InChI=1S/C15H16O3/c1-15(2,11-5-3-4-6-13(11)17)12-8-7-10(16)9-14(12)18/h3-9,16-18H,1-2H3. The van der Waals surface area contributed by atoms with E-state index in [4.69, 9.17) is 0 Å². The van der Waals surface area contributed by atoms with Crippen molar-refractivity contribution in [1.29, 1.82) is 0 Å². The lowest BCUT2D eigenvalue weighted by Gasteiger charge is -2.27. The van der Waals surface area contributed by atoms with Crippen molar-refractivity contribution in [3.05, 3.63) is 53.6 Å². The van der Waals surface area contributed by atoms with Gasteiger partial charge in [0, 0.05) is 22.6 Å². The second-order valence-electron chi connectivity index (χ2n) is 4.84.